The maximum Gasteiger partial charge on any atom is 0.311 e. The van der Waals surface area contributed by atoms with E-state index >= 15 is 0 Å². The smallest absolute Gasteiger partial charge is 0.311 e. The molecule has 0 bridgehead atoms. The second-order valence-electron chi connectivity index (χ2n) is 8.51. The lowest BCUT2D eigenvalue weighted by Gasteiger charge is -2.29. The second kappa shape index (κ2) is 9.31. The summed E-state index contributed by atoms with van der Waals surface area (Å²) in [4.78, 5) is 15.1. The molecular formula is C26H26N2O5S2. The van der Waals surface area contributed by atoms with Crippen molar-refractivity contribution in [2.24, 2.45) is 0 Å². The van der Waals surface area contributed by atoms with Crippen molar-refractivity contribution in [3.05, 3.63) is 83.9 Å². The van der Waals surface area contributed by atoms with Gasteiger partial charge in [-0.05, 0) is 78.7 Å². The number of likely N-dealkylation sites (N-methyl/N-ethyl adjacent to an activating group) is 1. The predicted molar refractivity (Wildman–Crippen MR) is 139 cm³/mol. The van der Waals surface area contributed by atoms with Crippen molar-refractivity contribution in [2.45, 2.75) is 24.6 Å². The highest BCUT2D eigenvalue weighted by Crippen LogP contribution is 2.39. The molecule has 0 aliphatic carbocycles. The second-order valence-corrected chi connectivity index (χ2v) is 11.0. The van der Waals surface area contributed by atoms with Gasteiger partial charge in [0, 0.05) is 7.05 Å². The van der Waals surface area contributed by atoms with Crippen molar-refractivity contribution in [1.82, 2.24) is 10.2 Å². The van der Waals surface area contributed by atoms with Crippen LogP contribution in [0.2, 0.25) is 0 Å². The number of ether oxygens (including phenoxy) is 1. The molecule has 0 saturated carbocycles. The molecule has 1 atom stereocenters. The zero-order valence-corrected chi connectivity index (χ0v) is 21.4. The van der Waals surface area contributed by atoms with Crippen LogP contribution in [0.25, 0.3) is 11.1 Å². The predicted octanol–water partition coefficient (Wildman–Crippen LogP) is 4.07. The van der Waals surface area contributed by atoms with E-state index in [1.807, 2.05) is 48.5 Å². The minimum absolute atomic E-state index is 0.120. The number of nitrogens with zero attached hydrogens (tertiary/aromatic N) is 1. The van der Waals surface area contributed by atoms with Gasteiger partial charge < -0.3 is 14.2 Å². The van der Waals surface area contributed by atoms with Crippen LogP contribution in [0.15, 0.2) is 72.8 Å². The minimum Gasteiger partial charge on any atom is -0.497 e. The van der Waals surface area contributed by atoms with Crippen molar-refractivity contribution >= 4 is 33.4 Å². The molecule has 1 unspecified atom stereocenters. The number of benzene rings is 3. The van der Waals surface area contributed by atoms with Crippen molar-refractivity contribution in [1.29, 1.82) is 0 Å². The van der Waals surface area contributed by atoms with E-state index in [0.29, 0.717) is 11.1 Å². The Morgan fingerprint density at radius 1 is 0.914 bits per heavy atom. The molecule has 0 radical (unpaired) electrons. The van der Waals surface area contributed by atoms with Crippen LogP contribution in [-0.4, -0.2) is 43.7 Å². The number of nitrogens with one attached hydrogen (secondary N) is 1. The standard InChI is InChI=1S/C26H26N2O5S2/c1-17(2)35(30,31)33-23-13-7-11-21(16-23)26(24(29)28(3)25(34)27-26)20-10-5-8-18(14-20)19-9-6-12-22(15-19)32-4/h5-17H,1-4H3,(H,27,34). The SMILES string of the molecule is COc1cccc(-c2cccc(C3(c4cccc(OS(=O)(=O)C(C)C)c4)NC(=S)N(C)C3=O)c2)c1. The van der Waals surface area contributed by atoms with E-state index < -0.39 is 20.9 Å². The van der Waals surface area contributed by atoms with Gasteiger partial charge in [0.2, 0.25) is 0 Å². The lowest BCUT2D eigenvalue weighted by atomic mass is 9.81. The minimum atomic E-state index is -3.81. The molecule has 0 spiro atoms. The first-order valence-corrected chi connectivity index (χ1v) is 12.9. The molecule has 1 aliphatic heterocycles. The highest BCUT2D eigenvalue weighted by atomic mass is 32.2. The lowest BCUT2D eigenvalue weighted by molar-refractivity contribution is -0.129. The number of thiocarbonyl (C=S) groups is 1. The van der Waals surface area contributed by atoms with Gasteiger partial charge in [0.05, 0.1) is 12.4 Å². The molecule has 1 N–H and O–H groups in total. The van der Waals surface area contributed by atoms with Crippen LogP contribution in [-0.2, 0) is 20.5 Å². The van der Waals surface area contributed by atoms with E-state index in [1.54, 1.807) is 52.3 Å². The zero-order chi connectivity index (χ0) is 25.4. The zero-order valence-electron chi connectivity index (χ0n) is 19.8. The fraction of sp³-hybridized carbons (Fsp3) is 0.231. The average Bonchev–Trinajstić information content (AvgIpc) is 3.08. The molecule has 3 aromatic carbocycles. The van der Waals surface area contributed by atoms with Gasteiger partial charge in [-0.3, -0.25) is 9.69 Å². The molecule has 1 aliphatic rings. The van der Waals surface area contributed by atoms with E-state index in [4.69, 9.17) is 21.1 Å². The highest BCUT2D eigenvalue weighted by molar-refractivity contribution is 7.87. The van der Waals surface area contributed by atoms with Gasteiger partial charge in [0.15, 0.2) is 10.7 Å². The van der Waals surface area contributed by atoms with Crippen molar-refractivity contribution in [3.63, 3.8) is 0 Å². The van der Waals surface area contributed by atoms with Gasteiger partial charge in [0.25, 0.3) is 5.91 Å². The Morgan fingerprint density at radius 3 is 2.09 bits per heavy atom. The number of amides is 1. The van der Waals surface area contributed by atoms with Crippen molar-refractivity contribution in [3.8, 4) is 22.6 Å². The van der Waals surface area contributed by atoms with Crippen LogP contribution in [0.4, 0.5) is 0 Å². The number of carbonyl (C=O) groups is 1. The maximum absolute atomic E-state index is 13.7. The Bertz CT molecular complexity index is 1400. The first-order chi connectivity index (χ1) is 16.6. The molecule has 4 rings (SSSR count). The summed E-state index contributed by atoms with van der Waals surface area (Å²) in [5.74, 6) is 0.554. The molecule has 1 heterocycles. The number of methoxy groups -OCH3 is 1. The fourth-order valence-electron chi connectivity index (χ4n) is 3.95. The molecule has 3 aromatic rings. The molecule has 1 amide bonds. The molecule has 0 aromatic heterocycles. The molecule has 9 heteroatoms. The normalized spacial score (nSPS) is 18.0. The van der Waals surface area contributed by atoms with Crippen molar-refractivity contribution < 1.29 is 22.1 Å². The molecular weight excluding hydrogens is 484 g/mol. The number of hydrogen-bond acceptors (Lipinski definition) is 6. The first kappa shape index (κ1) is 24.7. The van der Waals surface area contributed by atoms with Crippen LogP contribution in [0.5, 0.6) is 11.5 Å². The fourth-order valence-corrected chi connectivity index (χ4v) is 4.75. The van der Waals surface area contributed by atoms with Crippen LogP contribution in [0.3, 0.4) is 0 Å². The summed E-state index contributed by atoms with van der Waals surface area (Å²) in [6, 6.07) is 21.7. The summed E-state index contributed by atoms with van der Waals surface area (Å²) in [6.45, 7) is 3.08. The Morgan fingerprint density at radius 2 is 1.49 bits per heavy atom. The third-order valence-corrected chi connectivity index (χ3v) is 7.94. The van der Waals surface area contributed by atoms with Crippen molar-refractivity contribution in [2.75, 3.05) is 14.2 Å². The van der Waals surface area contributed by atoms with E-state index in [0.717, 1.165) is 16.9 Å². The molecule has 182 valence electrons. The van der Waals surface area contributed by atoms with Gasteiger partial charge in [-0.25, -0.2) is 0 Å². The Labute approximate surface area is 210 Å². The van der Waals surface area contributed by atoms with Gasteiger partial charge in [-0.15, -0.1) is 0 Å². The van der Waals surface area contributed by atoms with Crippen LogP contribution in [0, 0.1) is 0 Å². The van der Waals surface area contributed by atoms with E-state index in [1.165, 1.54) is 4.90 Å². The Hall–Kier alpha value is -3.43. The summed E-state index contributed by atoms with van der Waals surface area (Å²) >= 11 is 5.43. The van der Waals surface area contributed by atoms with Gasteiger partial charge in [-0.2, -0.15) is 8.42 Å². The van der Waals surface area contributed by atoms with E-state index in [2.05, 4.69) is 5.32 Å². The number of rotatable bonds is 7. The quantitative estimate of drug-likeness (QED) is 0.379. The topological polar surface area (TPSA) is 84.9 Å². The van der Waals surface area contributed by atoms with E-state index in [-0.39, 0.29) is 16.8 Å². The Kier molecular flexibility index (Phi) is 6.57. The largest absolute Gasteiger partial charge is 0.497 e. The lowest BCUT2D eigenvalue weighted by Crippen LogP contribution is -2.45. The number of carbonyl (C=O) groups excluding carboxylic acids is 1. The summed E-state index contributed by atoms with van der Waals surface area (Å²) in [6.07, 6.45) is 0. The summed E-state index contributed by atoms with van der Waals surface area (Å²) in [5, 5.41) is 2.74. The van der Waals surface area contributed by atoms with Crippen LogP contribution < -0.4 is 14.2 Å². The Balaban J connectivity index is 1.87. The third-order valence-electron chi connectivity index (χ3n) is 5.98. The molecule has 7 nitrogen and oxygen atoms in total. The summed E-state index contributed by atoms with van der Waals surface area (Å²) < 4.78 is 35.4. The van der Waals surface area contributed by atoms with Crippen LogP contribution in [0.1, 0.15) is 25.0 Å². The third kappa shape index (κ3) is 4.49. The summed E-state index contributed by atoms with van der Waals surface area (Å²) in [7, 11) is -0.600. The summed E-state index contributed by atoms with van der Waals surface area (Å²) in [5.41, 5.74) is 1.60. The monoisotopic (exact) mass is 510 g/mol. The molecule has 1 saturated heterocycles. The van der Waals surface area contributed by atoms with Gasteiger partial charge in [0.1, 0.15) is 11.5 Å². The van der Waals surface area contributed by atoms with Crippen LogP contribution >= 0.6 is 12.2 Å². The van der Waals surface area contributed by atoms with Gasteiger partial charge >= 0.3 is 10.1 Å². The molecule has 35 heavy (non-hydrogen) atoms. The van der Waals surface area contributed by atoms with E-state index in [9.17, 15) is 13.2 Å². The number of hydrogen-bond donors (Lipinski definition) is 1. The molecule has 1 fully saturated rings. The maximum atomic E-state index is 13.7. The first-order valence-electron chi connectivity index (χ1n) is 11.0. The highest BCUT2D eigenvalue weighted by Gasteiger charge is 2.51. The van der Waals surface area contributed by atoms with Gasteiger partial charge in [-0.1, -0.05) is 42.5 Å². The average molecular weight is 511 g/mol.